The number of rotatable bonds is 10. The van der Waals surface area contributed by atoms with Crippen LogP contribution >= 0.6 is 0 Å². The second kappa shape index (κ2) is 10.2. The van der Waals surface area contributed by atoms with Gasteiger partial charge in [0, 0.05) is 26.1 Å². The molecule has 3 nitrogen and oxygen atoms in total. The van der Waals surface area contributed by atoms with Gasteiger partial charge in [0.1, 0.15) is 0 Å². The van der Waals surface area contributed by atoms with Gasteiger partial charge in [0.2, 0.25) is 5.91 Å². The standard InChI is InChI=1S/C17H36N2O/c1-8-9-10-11-18(7)13-17(15(4)5)19(16(6)20)12-14(2)3/h14-15,17H,8-13H2,1-7H3. The maximum absolute atomic E-state index is 12.0. The Labute approximate surface area is 126 Å². The van der Waals surface area contributed by atoms with Crippen LogP contribution in [0.1, 0.15) is 60.8 Å². The van der Waals surface area contributed by atoms with Gasteiger partial charge in [-0.05, 0) is 31.8 Å². The predicted octanol–water partition coefficient (Wildman–Crippen LogP) is 3.64. The van der Waals surface area contributed by atoms with Gasteiger partial charge in [-0.2, -0.15) is 0 Å². The van der Waals surface area contributed by atoms with E-state index in [0.29, 0.717) is 17.9 Å². The minimum absolute atomic E-state index is 0.208. The molecule has 0 spiro atoms. The van der Waals surface area contributed by atoms with E-state index in [0.717, 1.165) is 19.6 Å². The van der Waals surface area contributed by atoms with Crippen molar-refractivity contribution >= 4 is 5.91 Å². The van der Waals surface area contributed by atoms with Gasteiger partial charge in [-0.1, -0.05) is 47.5 Å². The van der Waals surface area contributed by atoms with E-state index < -0.39 is 0 Å². The lowest BCUT2D eigenvalue weighted by atomic mass is 10.00. The molecule has 0 N–H and O–H groups in total. The number of likely N-dealkylation sites (N-methyl/N-ethyl adjacent to an activating group) is 1. The number of hydrogen-bond donors (Lipinski definition) is 0. The summed E-state index contributed by atoms with van der Waals surface area (Å²) < 4.78 is 0. The van der Waals surface area contributed by atoms with Crippen LogP contribution in [0.5, 0.6) is 0 Å². The van der Waals surface area contributed by atoms with Crippen molar-refractivity contribution in [1.82, 2.24) is 9.80 Å². The summed E-state index contributed by atoms with van der Waals surface area (Å²) in [7, 11) is 2.18. The lowest BCUT2D eigenvalue weighted by Crippen LogP contribution is -2.49. The summed E-state index contributed by atoms with van der Waals surface area (Å²) >= 11 is 0. The van der Waals surface area contributed by atoms with Gasteiger partial charge in [-0.25, -0.2) is 0 Å². The fourth-order valence-corrected chi connectivity index (χ4v) is 2.60. The smallest absolute Gasteiger partial charge is 0.219 e. The van der Waals surface area contributed by atoms with Gasteiger partial charge in [0.25, 0.3) is 0 Å². The van der Waals surface area contributed by atoms with Crippen molar-refractivity contribution < 1.29 is 4.79 Å². The van der Waals surface area contributed by atoms with Crippen LogP contribution in [-0.2, 0) is 4.79 Å². The van der Waals surface area contributed by atoms with Crippen LogP contribution in [-0.4, -0.2) is 48.4 Å². The van der Waals surface area contributed by atoms with Crippen LogP contribution in [0.2, 0.25) is 0 Å². The molecule has 0 heterocycles. The molecule has 1 atom stereocenters. The summed E-state index contributed by atoms with van der Waals surface area (Å²) in [6.07, 6.45) is 3.80. The van der Waals surface area contributed by atoms with Crippen molar-refractivity contribution in [2.45, 2.75) is 66.8 Å². The molecule has 0 radical (unpaired) electrons. The molecule has 0 fully saturated rings. The first-order valence-electron chi connectivity index (χ1n) is 8.25. The van der Waals surface area contributed by atoms with E-state index >= 15 is 0 Å². The molecule has 0 saturated carbocycles. The third-order valence-electron chi connectivity index (χ3n) is 3.78. The van der Waals surface area contributed by atoms with E-state index in [1.807, 2.05) is 0 Å². The summed E-state index contributed by atoms with van der Waals surface area (Å²) in [6.45, 7) is 15.7. The molecule has 0 saturated heterocycles. The Kier molecular flexibility index (Phi) is 9.91. The Morgan fingerprint density at radius 3 is 2.05 bits per heavy atom. The third kappa shape index (κ3) is 7.88. The van der Waals surface area contributed by atoms with Crippen molar-refractivity contribution in [3.8, 4) is 0 Å². The van der Waals surface area contributed by atoms with Gasteiger partial charge in [0.05, 0.1) is 0 Å². The third-order valence-corrected chi connectivity index (χ3v) is 3.78. The van der Waals surface area contributed by atoms with Gasteiger partial charge in [-0.15, -0.1) is 0 Å². The van der Waals surface area contributed by atoms with E-state index in [1.165, 1.54) is 19.3 Å². The van der Waals surface area contributed by atoms with E-state index in [4.69, 9.17) is 0 Å². The van der Waals surface area contributed by atoms with E-state index in [1.54, 1.807) is 6.92 Å². The molecule has 0 bridgehead atoms. The number of amides is 1. The molecule has 120 valence electrons. The van der Waals surface area contributed by atoms with Crippen molar-refractivity contribution in [2.75, 3.05) is 26.7 Å². The molecule has 3 heteroatoms. The molecule has 0 aromatic rings. The molecule has 0 aliphatic heterocycles. The van der Waals surface area contributed by atoms with Crippen molar-refractivity contribution in [3.63, 3.8) is 0 Å². The van der Waals surface area contributed by atoms with Crippen molar-refractivity contribution in [3.05, 3.63) is 0 Å². The zero-order valence-corrected chi connectivity index (χ0v) is 14.8. The summed E-state index contributed by atoms with van der Waals surface area (Å²) in [6, 6.07) is 0.321. The SMILES string of the molecule is CCCCCN(C)CC(C(C)C)N(CC(C)C)C(C)=O. The lowest BCUT2D eigenvalue weighted by Gasteiger charge is -2.37. The molecule has 0 aliphatic rings. The zero-order valence-electron chi connectivity index (χ0n) is 14.8. The Hall–Kier alpha value is -0.570. The minimum atomic E-state index is 0.208. The first-order valence-corrected chi connectivity index (χ1v) is 8.25. The van der Waals surface area contributed by atoms with Gasteiger partial charge >= 0.3 is 0 Å². The highest BCUT2D eigenvalue weighted by Crippen LogP contribution is 2.15. The predicted molar refractivity (Wildman–Crippen MR) is 87.9 cm³/mol. The lowest BCUT2D eigenvalue weighted by molar-refractivity contribution is -0.133. The quantitative estimate of drug-likeness (QED) is 0.572. The number of unbranched alkanes of at least 4 members (excludes halogenated alkanes) is 2. The zero-order chi connectivity index (χ0) is 15.7. The highest BCUT2D eigenvalue weighted by molar-refractivity contribution is 5.73. The molecule has 0 aromatic carbocycles. The molecule has 0 aliphatic carbocycles. The second-order valence-electron chi connectivity index (χ2n) is 6.85. The molecule has 0 aromatic heterocycles. The molecule has 1 unspecified atom stereocenters. The number of hydrogen-bond acceptors (Lipinski definition) is 2. The monoisotopic (exact) mass is 284 g/mol. The average molecular weight is 284 g/mol. The molecule has 0 rings (SSSR count). The number of nitrogens with zero attached hydrogens (tertiary/aromatic N) is 2. The normalized spacial score (nSPS) is 13.3. The van der Waals surface area contributed by atoms with E-state index in [-0.39, 0.29) is 5.91 Å². The van der Waals surface area contributed by atoms with Crippen LogP contribution in [0.15, 0.2) is 0 Å². The Balaban J connectivity index is 4.62. The van der Waals surface area contributed by atoms with Crippen LogP contribution in [0.25, 0.3) is 0 Å². The topological polar surface area (TPSA) is 23.6 Å². The second-order valence-corrected chi connectivity index (χ2v) is 6.85. The van der Waals surface area contributed by atoms with Gasteiger partial charge in [0.15, 0.2) is 0 Å². The van der Waals surface area contributed by atoms with Crippen molar-refractivity contribution in [2.24, 2.45) is 11.8 Å². The molecule has 20 heavy (non-hydrogen) atoms. The maximum Gasteiger partial charge on any atom is 0.219 e. The van der Waals surface area contributed by atoms with E-state index in [9.17, 15) is 4.79 Å². The largest absolute Gasteiger partial charge is 0.338 e. The van der Waals surface area contributed by atoms with Crippen LogP contribution in [0.3, 0.4) is 0 Å². The highest BCUT2D eigenvalue weighted by Gasteiger charge is 2.25. The van der Waals surface area contributed by atoms with E-state index in [2.05, 4.69) is 51.5 Å². The van der Waals surface area contributed by atoms with Crippen molar-refractivity contribution in [1.29, 1.82) is 0 Å². The fourth-order valence-electron chi connectivity index (χ4n) is 2.60. The Morgan fingerprint density at radius 1 is 1.05 bits per heavy atom. The Morgan fingerprint density at radius 2 is 1.65 bits per heavy atom. The first-order chi connectivity index (χ1) is 9.29. The molecular formula is C17H36N2O. The van der Waals surface area contributed by atoms with Crippen LogP contribution in [0, 0.1) is 11.8 Å². The average Bonchev–Trinajstić information content (AvgIpc) is 2.33. The minimum Gasteiger partial charge on any atom is -0.338 e. The fraction of sp³-hybridized carbons (Fsp3) is 0.941. The molecular weight excluding hydrogens is 248 g/mol. The summed E-state index contributed by atoms with van der Waals surface area (Å²) in [5.74, 6) is 1.22. The van der Waals surface area contributed by atoms with Crippen LogP contribution < -0.4 is 0 Å². The number of carbonyl (C=O) groups excluding carboxylic acids is 1. The first kappa shape index (κ1) is 19.4. The summed E-state index contributed by atoms with van der Waals surface area (Å²) in [5, 5.41) is 0. The maximum atomic E-state index is 12.0. The summed E-state index contributed by atoms with van der Waals surface area (Å²) in [5.41, 5.74) is 0. The highest BCUT2D eigenvalue weighted by atomic mass is 16.2. The summed E-state index contributed by atoms with van der Waals surface area (Å²) in [4.78, 5) is 16.4. The van der Waals surface area contributed by atoms with Gasteiger partial charge < -0.3 is 9.80 Å². The van der Waals surface area contributed by atoms with Crippen LogP contribution in [0.4, 0.5) is 0 Å². The number of carbonyl (C=O) groups is 1. The Bertz CT molecular complexity index is 264. The van der Waals surface area contributed by atoms with Gasteiger partial charge in [-0.3, -0.25) is 4.79 Å². The molecule has 1 amide bonds.